The maximum atomic E-state index is 13.9. The Morgan fingerprint density at radius 2 is 1.85 bits per heavy atom. The number of sulfone groups is 1. The number of aliphatic hydroxyl groups is 1. The van der Waals surface area contributed by atoms with E-state index in [1.807, 2.05) is 11.0 Å². The third-order valence-electron chi connectivity index (χ3n) is 4.88. The van der Waals surface area contributed by atoms with E-state index in [9.17, 15) is 17.9 Å². The molecule has 0 unspecified atom stereocenters. The average Bonchev–Trinajstić information content (AvgIpc) is 2.70. The first kappa shape index (κ1) is 17.9. The highest BCUT2D eigenvalue weighted by Crippen LogP contribution is 2.30. The summed E-state index contributed by atoms with van der Waals surface area (Å²) >= 11 is 0. The molecule has 4 rings (SSSR count). The van der Waals surface area contributed by atoms with Crippen LogP contribution in [0.5, 0.6) is 0 Å². The van der Waals surface area contributed by atoms with Crippen LogP contribution in [-0.4, -0.2) is 43.9 Å². The van der Waals surface area contributed by atoms with Gasteiger partial charge in [-0.25, -0.2) is 12.8 Å². The van der Waals surface area contributed by atoms with Crippen LogP contribution in [0, 0.1) is 0 Å². The van der Waals surface area contributed by atoms with Crippen LogP contribution in [-0.2, 0) is 9.84 Å². The molecule has 1 aliphatic rings. The lowest BCUT2D eigenvalue weighted by Crippen LogP contribution is -2.44. The molecule has 5 nitrogen and oxygen atoms in total. The number of anilines is 1. The van der Waals surface area contributed by atoms with Gasteiger partial charge in [0.1, 0.15) is 6.17 Å². The molecule has 1 saturated heterocycles. The predicted octanol–water partition coefficient (Wildman–Crippen LogP) is 2.98. The zero-order valence-electron chi connectivity index (χ0n) is 14.5. The van der Waals surface area contributed by atoms with E-state index in [0.717, 1.165) is 5.69 Å². The van der Waals surface area contributed by atoms with Crippen molar-refractivity contribution in [3.05, 3.63) is 60.8 Å². The van der Waals surface area contributed by atoms with Gasteiger partial charge in [0.2, 0.25) is 9.84 Å². The number of hydrogen-bond donors (Lipinski definition) is 1. The Balaban J connectivity index is 1.75. The van der Waals surface area contributed by atoms with E-state index in [1.54, 1.807) is 48.5 Å². The van der Waals surface area contributed by atoms with Crippen LogP contribution in [0.25, 0.3) is 10.9 Å². The molecule has 0 spiro atoms. The van der Waals surface area contributed by atoms with Crippen molar-refractivity contribution < 1.29 is 17.9 Å². The van der Waals surface area contributed by atoms with Gasteiger partial charge in [-0.2, -0.15) is 0 Å². The number of benzene rings is 2. The minimum Gasteiger partial charge on any atom is -0.390 e. The summed E-state index contributed by atoms with van der Waals surface area (Å²) in [6, 6.07) is 15.3. The van der Waals surface area contributed by atoms with Crippen molar-refractivity contribution in [2.24, 2.45) is 0 Å². The molecule has 2 atom stereocenters. The number of aliphatic hydroxyl groups excluding tert-OH is 1. The summed E-state index contributed by atoms with van der Waals surface area (Å²) in [6.07, 6.45) is -0.559. The van der Waals surface area contributed by atoms with Crippen molar-refractivity contribution in [2.45, 2.75) is 28.5 Å². The molecule has 1 aromatic heterocycles. The molecule has 2 heterocycles. The zero-order valence-corrected chi connectivity index (χ0v) is 15.3. The lowest BCUT2D eigenvalue weighted by atomic mass is 10.0. The highest BCUT2D eigenvalue weighted by atomic mass is 32.2. The van der Waals surface area contributed by atoms with E-state index in [0.29, 0.717) is 23.9 Å². The maximum Gasteiger partial charge on any atom is 0.208 e. The van der Waals surface area contributed by atoms with Crippen molar-refractivity contribution in [2.75, 3.05) is 18.0 Å². The Labute approximate surface area is 157 Å². The van der Waals surface area contributed by atoms with Gasteiger partial charge in [0.05, 0.1) is 33.6 Å². The highest BCUT2D eigenvalue weighted by Gasteiger charge is 2.28. The second kappa shape index (κ2) is 6.90. The van der Waals surface area contributed by atoms with Crippen molar-refractivity contribution in [1.82, 2.24) is 4.98 Å². The van der Waals surface area contributed by atoms with Crippen molar-refractivity contribution in [1.29, 1.82) is 0 Å². The summed E-state index contributed by atoms with van der Waals surface area (Å²) in [5.74, 6) is 0. The third-order valence-corrected chi connectivity index (χ3v) is 6.61. The van der Waals surface area contributed by atoms with Crippen LogP contribution in [0.2, 0.25) is 0 Å². The molecule has 0 radical (unpaired) electrons. The Morgan fingerprint density at radius 1 is 1.07 bits per heavy atom. The quantitative estimate of drug-likeness (QED) is 0.749. The number of nitrogens with zero attached hydrogens (tertiary/aromatic N) is 2. The van der Waals surface area contributed by atoms with Crippen molar-refractivity contribution in [3.63, 3.8) is 0 Å². The molecule has 0 saturated carbocycles. The fourth-order valence-electron chi connectivity index (χ4n) is 3.37. The van der Waals surface area contributed by atoms with Crippen LogP contribution >= 0.6 is 0 Å². The van der Waals surface area contributed by atoms with Gasteiger partial charge in [0.15, 0.2) is 0 Å². The molecule has 0 bridgehead atoms. The monoisotopic (exact) mass is 386 g/mol. The van der Waals surface area contributed by atoms with Crippen LogP contribution < -0.4 is 4.90 Å². The molecular weight excluding hydrogens is 367 g/mol. The Kier molecular flexibility index (Phi) is 4.57. The van der Waals surface area contributed by atoms with Gasteiger partial charge < -0.3 is 10.0 Å². The van der Waals surface area contributed by atoms with E-state index in [-0.39, 0.29) is 16.3 Å². The summed E-state index contributed by atoms with van der Waals surface area (Å²) in [7, 11) is -3.65. The van der Waals surface area contributed by atoms with Gasteiger partial charge in [0.25, 0.3) is 0 Å². The van der Waals surface area contributed by atoms with E-state index >= 15 is 0 Å². The second-order valence-electron chi connectivity index (χ2n) is 6.65. The van der Waals surface area contributed by atoms with Gasteiger partial charge in [-0.3, -0.25) is 4.98 Å². The van der Waals surface area contributed by atoms with Crippen molar-refractivity contribution in [3.8, 4) is 0 Å². The number of halogens is 1. The molecule has 1 N–H and O–H groups in total. The summed E-state index contributed by atoms with van der Waals surface area (Å²) in [6.45, 7) is 0.610. The first-order valence-electron chi connectivity index (χ1n) is 8.73. The van der Waals surface area contributed by atoms with Crippen LogP contribution in [0.15, 0.2) is 70.6 Å². The SMILES string of the molecule is O=S(=O)(c1ccccc1)c1cnc2c(N3CC[C@H](O)[C@H](F)C3)cccc2c1. The van der Waals surface area contributed by atoms with Gasteiger partial charge in [-0.15, -0.1) is 0 Å². The number of hydrogen-bond acceptors (Lipinski definition) is 5. The Morgan fingerprint density at radius 3 is 2.59 bits per heavy atom. The number of piperidine rings is 1. The van der Waals surface area contributed by atoms with Gasteiger partial charge >= 0.3 is 0 Å². The minimum atomic E-state index is -3.65. The number of alkyl halides is 1. The standard InChI is InChI=1S/C20H19FN2O3S/c21-17-13-23(10-9-19(17)24)18-8-4-5-14-11-16(12-22-20(14)18)27(25,26)15-6-2-1-3-7-15/h1-8,11-12,17,19,24H,9-10,13H2/t17-,19+/m1/s1. The van der Waals surface area contributed by atoms with Crippen LogP contribution in [0.4, 0.5) is 10.1 Å². The topological polar surface area (TPSA) is 70.5 Å². The molecule has 0 aliphatic carbocycles. The fourth-order valence-corrected chi connectivity index (χ4v) is 4.63. The fraction of sp³-hybridized carbons (Fsp3) is 0.250. The molecular formula is C20H19FN2O3S. The second-order valence-corrected chi connectivity index (χ2v) is 8.60. The summed E-state index contributed by atoms with van der Waals surface area (Å²) in [5, 5.41) is 10.3. The number of fused-ring (bicyclic) bond motifs is 1. The zero-order chi connectivity index (χ0) is 19.0. The van der Waals surface area contributed by atoms with Gasteiger partial charge in [-0.05, 0) is 30.7 Å². The number of aromatic nitrogens is 1. The summed E-state index contributed by atoms with van der Waals surface area (Å²) < 4.78 is 39.6. The van der Waals surface area contributed by atoms with Crippen LogP contribution in [0.1, 0.15) is 6.42 Å². The van der Waals surface area contributed by atoms with E-state index < -0.39 is 22.1 Å². The minimum absolute atomic E-state index is 0.0893. The molecule has 7 heteroatoms. The van der Waals surface area contributed by atoms with E-state index in [1.165, 1.54) is 6.20 Å². The predicted molar refractivity (Wildman–Crippen MR) is 101 cm³/mol. The lowest BCUT2D eigenvalue weighted by molar-refractivity contribution is 0.0616. The van der Waals surface area contributed by atoms with Crippen LogP contribution in [0.3, 0.4) is 0 Å². The smallest absolute Gasteiger partial charge is 0.208 e. The highest BCUT2D eigenvalue weighted by molar-refractivity contribution is 7.91. The molecule has 1 aliphatic heterocycles. The van der Waals surface area contributed by atoms with Gasteiger partial charge in [-0.1, -0.05) is 30.3 Å². The van der Waals surface area contributed by atoms with Crippen molar-refractivity contribution >= 4 is 26.4 Å². The molecule has 3 aromatic rings. The third kappa shape index (κ3) is 3.28. The largest absolute Gasteiger partial charge is 0.390 e. The van der Waals surface area contributed by atoms with Gasteiger partial charge in [0, 0.05) is 18.1 Å². The summed E-state index contributed by atoms with van der Waals surface area (Å²) in [5.41, 5.74) is 1.36. The Bertz CT molecular complexity index is 1070. The average molecular weight is 386 g/mol. The number of rotatable bonds is 3. The summed E-state index contributed by atoms with van der Waals surface area (Å²) in [4.78, 5) is 6.57. The lowest BCUT2D eigenvalue weighted by Gasteiger charge is -2.34. The molecule has 140 valence electrons. The maximum absolute atomic E-state index is 13.9. The molecule has 27 heavy (non-hydrogen) atoms. The number of pyridine rings is 1. The first-order valence-corrected chi connectivity index (χ1v) is 10.2. The molecule has 1 fully saturated rings. The normalized spacial score (nSPS) is 20.7. The Hall–Kier alpha value is -2.51. The molecule has 0 amide bonds. The molecule has 2 aromatic carbocycles. The van der Waals surface area contributed by atoms with E-state index in [2.05, 4.69) is 4.98 Å². The first-order chi connectivity index (χ1) is 13.0. The number of para-hydroxylation sites is 1. The van der Waals surface area contributed by atoms with E-state index in [4.69, 9.17) is 0 Å².